The van der Waals surface area contributed by atoms with Gasteiger partial charge in [-0.15, -0.1) is 0 Å². The molecular weight excluding hydrogens is 224 g/mol. The predicted molar refractivity (Wildman–Crippen MR) is 77.9 cm³/mol. The van der Waals surface area contributed by atoms with E-state index in [0.29, 0.717) is 0 Å². The lowest BCUT2D eigenvalue weighted by atomic mass is 10.0. The first-order valence-electron chi connectivity index (χ1n) is 8.79. The van der Waals surface area contributed by atoms with Crippen molar-refractivity contribution in [2.45, 2.75) is 96.8 Å². The Bertz CT molecular complexity index is 235. The van der Waals surface area contributed by atoms with Gasteiger partial charge >= 0.3 is 5.97 Å². The van der Waals surface area contributed by atoms with Gasteiger partial charge in [0.25, 0.3) is 0 Å². The highest BCUT2D eigenvalue weighted by molar-refractivity contribution is 5.66. The first kappa shape index (κ1) is 13.9. The Morgan fingerprint density at radius 1 is 0.833 bits per heavy atom. The van der Waals surface area contributed by atoms with E-state index in [9.17, 15) is 4.79 Å². The van der Waals surface area contributed by atoms with Crippen molar-refractivity contribution in [1.82, 2.24) is 0 Å². The summed E-state index contributed by atoms with van der Waals surface area (Å²) in [5.41, 5.74) is 0. The molecule has 0 saturated carbocycles. The lowest BCUT2D eigenvalue weighted by molar-refractivity contribution is -0.137. The number of hydrogen-bond acceptors (Lipinski definition) is 1. The number of carbonyl (C=O) groups is 1. The minimum atomic E-state index is -0.724. The van der Waals surface area contributed by atoms with Gasteiger partial charge in [0, 0.05) is 9.16 Å². The summed E-state index contributed by atoms with van der Waals surface area (Å²) in [4.78, 5) is 10.3. The van der Waals surface area contributed by atoms with Crippen LogP contribution in [0.15, 0.2) is 0 Å². The molecule has 0 aromatic rings. The number of hydrogen-bond donors (Lipinski definition) is 1. The molecule has 2 nitrogen and oxygen atoms in total. The Hall–Kier alpha value is -0.530. The maximum absolute atomic E-state index is 10.3. The molecule has 0 spiro atoms. The Kier molecular flexibility index (Phi) is 11.2. The summed E-state index contributed by atoms with van der Waals surface area (Å²) >= 11 is 0. The molecule has 0 aliphatic heterocycles. The highest BCUT2D eigenvalue weighted by Gasteiger charge is 1.96. The molecule has 2 unspecified atom stereocenters. The van der Waals surface area contributed by atoms with Gasteiger partial charge in [-0.2, -0.15) is 0 Å². The van der Waals surface area contributed by atoms with E-state index < -0.39 is 5.97 Å². The van der Waals surface area contributed by atoms with Crippen LogP contribution in [0.2, 0.25) is 0 Å². The van der Waals surface area contributed by atoms with Gasteiger partial charge < -0.3 is 5.11 Å². The van der Waals surface area contributed by atoms with Gasteiger partial charge in [-0.25, -0.2) is 0 Å². The third kappa shape index (κ3) is 15.5. The van der Waals surface area contributed by atoms with Crippen molar-refractivity contribution < 1.29 is 12.6 Å². The maximum atomic E-state index is 10.3. The average molecular weight is 260 g/mol. The Morgan fingerprint density at radius 3 is 1.78 bits per heavy atom. The number of carboxylic acids is 1. The molecule has 1 N–H and O–H groups in total. The van der Waals surface area contributed by atoms with Gasteiger partial charge in [-0.3, -0.25) is 4.79 Å². The van der Waals surface area contributed by atoms with Gasteiger partial charge in [0.05, 0.1) is 0 Å². The van der Waals surface area contributed by atoms with Crippen LogP contribution in [0.3, 0.4) is 0 Å². The Balaban J connectivity index is 3.40. The largest absolute Gasteiger partial charge is 0.481 e. The van der Waals surface area contributed by atoms with Crippen LogP contribution in [-0.2, 0) is 4.79 Å². The van der Waals surface area contributed by atoms with E-state index in [2.05, 4.69) is 6.92 Å². The zero-order valence-electron chi connectivity index (χ0n) is 14.0. The summed E-state index contributed by atoms with van der Waals surface area (Å²) < 4.78 is 15.9. The average Bonchev–Trinajstić information content (AvgIpc) is 2.41. The van der Waals surface area contributed by atoms with Gasteiger partial charge in [0.1, 0.15) is 0 Å². The summed E-state index contributed by atoms with van der Waals surface area (Å²) in [6.45, 7) is 2.20. The summed E-state index contributed by atoms with van der Waals surface area (Å²) in [6, 6.07) is 0. The summed E-state index contributed by atoms with van der Waals surface area (Å²) in [5, 5.41) is 8.51. The highest BCUT2D eigenvalue weighted by atomic mass is 16.4. The number of unbranched alkanes of at least 4 members (excludes halogenated alkanes) is 7. The molecule has 0 bridgehead atoms. The second-order valence-electron chi connectivity index (χ2n) is 5.02. The number of rotatable bonds is 14. The molecule has 0 rings (SSSR count). The standard InChI is InChI=1S/C16H32O2/c1-2-3-4-5-6-7-8-9-10-11-12-13-14-15-16(17)18/h2-15H2,1H3,(H,17,18)/i8T,9T. The Morgan fingerprint density at radius 2 is 1.28 bits per heavy atom. The maximum Gasteiger partial charge on any atom is 0.303 e. The van der Waals surface area contributed by atoms with Crippen molar-refractivity contribution in [1.29, 1.82) is 0 Å². The first-order valence-corrected chi connectivity index (χ1v) is 7.64. The van der Waals surface area contributed by atoms with Crippen LogP contribution in [0.1, 0.15) is 99.5 Å². The molecule has 0 aliphatic rings. The zero-order valence-corrected chi connectivity index (χ0v) is 12.0. The molecule has 2 heteroatoms. The van der Waals surface area contributed by atoms with E-state index in [1.807, 2.05) is 0 Å². The fourth-order valence-electron chi connectivity index (χ4n) is 1.99. The third-order valence-electron chi connectivity index (χ3n) is 3.15. The molecule has 0 heterocycles. The van der Waals surface area contributed by atoms with Gasteiger partial charge in [-0.1, -0.05) is 83.9 Å². The van der Waals surface area contributed by atoms with Crippen LogP contribution < -0.4 is 0 Å². The SMILES string of the molecule is [3H]C(CCCCCCC)C([3H])CCCCCCC(=O)O. The summed E-state index contributed by atoms with van der Waals surface area (Å²) in [6.07, 6.45) is 11.1. The number of aliphatic carboxylic acids is 1. The smallest absolute Gasteiger partial charge is 0.303 e. The molecule has 18 heavy (non-hydrogen) atoms. The van der Waals surface area contributed by atoms with E-state index in [1.54, 1.807) is 0 Å². The highest BCUT2D eigenvalue weighted by Crippen LogP contribution is 2.12. The second-order valence-corrected chi connectivity index (χ2v) is 5.02. The molecular formula is C16H32O2. The minimum Gasteiger partial charge on any atom is -0.481 e. The molecule has 108 valence electrons. The molecule has 0 fully saturated rings. The first-order chi connectivity index (χ1) is 9.57. The number of carboxylic acid groups (broad SMARTS) is 1. The summed E-state index contributed by atoms with van der Waals surface area (Å²) in [5.74, 6) is -0.724. The van der Waals surface area contributed by atoms with E-state index >= 15 is 0 Å². The normalized spacial score (nSPS) is 15.8. The minimum absolute atomic E-state index is 0.240. The Labute approximate surface area is 116 Å². The summed E-state index contributed by atoms with van der Waals surface area (Å²) in [7, 11) is 0. The van der Waals surface area contributed by atoms with Crippen molar-refractivity contribution in [3.05, 3.63) is 0 Å². The lowest BCUT2D eigenvalue weighted by Gasteiger charge is -2.02. The van der Waals surface area contributed by atoms with Gasteiger partial charge in [0.15, 0.2) is 0 Å². The van der Waals surface area contributed by atoms with Gasteiger partial charge in [-0.05, 0) is 6.42 Å². The van der Waals surface area contributed by atoms with Crippen LogP contribution in [0.4, 0.5) is 0 Å². The topological polar surface area (TPSA) is 37.3 Å². The fraction of sp³-hybridized carbons (Fsp3) is 0.938. The molecule has 0 radical (unpaired) electrons. The van der Waals surface area contributed by atoms with Crippen LogP contribution in [0, 0.1) is 0 Å². The van der Waals surface area contributed by atoms with Crippen molar-refractivity contribution in [2.24, 2.45) is 0 Å². The van der Waals surface area contributed by atoms with Gasteiger partial charge in [0.2, 0.25) is 0 Å². The van der Waals surface area contributed by atoms with E-state index in [4.69, 9.17) is 7.85 Å². The lowest BCUT2D eigenvalue weighted by Crippen LogP contribution is -1.93. The predicted octanol–water partition coefficient (Wildman–Crippen LogP) is 5.55. The van der Waals surface area contributed by atoms with Crippen molar-refractivity contribution in [3.8, 4) is 0 Å². The van der Waals surface area contributed by atoms with Crippen molar-refractivity contribution in [2.75, 3.05) is 0 Å². The quantitative estimate of drug-likeness (QED) is 0.416. The molecule has 0 aromatic carbocycles. The zero-order chi connectivity index (χ0) is 15.2. The van der Waals surface area contributed by atoms with Crippen LogP contribution in [-0.4, -0.2) is 11.1 Å². The van der Waals surface area contributed by atoms with E-state index in [1.165, 1.54) is 25.7 Å². The van der Waals surface area contributed by atoms with Crippen LogP contribution in [0.5, 0.6) is 0 Å². The van der Waals surface area contributed by atoms with E-state index in [-0.39, 0.29) is 19.2 Å². The third-order valence-corrected chi connectivity index (χ3v) is 3.15. The van der Waals surface area contributed by atoms with Crippen molar-refractivity contribution in [3.63, 3.8) is 0 Å². The fourth-order valence-corrected chi connectivity index (χ4v) is 1.99. The molecule has 0 aliphatic carbocycles. The van der Waals surface area contributed by atoms with Crippen molar-refractivity contribution >= 4 is 5.97 Å². The molecule has 0 amide bonds. The second kappa shape index (κ2) is 14.5. The molecule has 0 aromatic heterocycles. The molecule has 0 saturated heterocycles. The molecule has 2 atom stereocenters. The monoisotopic (exact) mass is 260 g/mol. The van der Waals surface area contributed by atoms with Crippen LogP contribution in [0.25, 0.3) is 0 Å². The van der Waals surface area contributed by atoms with E-state index in [0.717, 1.165) is 44.9 Å². The van der Waals surface area contributed by atoms with Crippen LogP contribution >= 0.6 is 0 Å².